The van der Waals surface area contributed by atoms with Crippen LogP contribution >= 0.6 is 0 Å². The lowest BCUT2D eigenvalue weighted by Gasteiger charge is -2.10. The summed E-state index contributed by atoms with van der Waals surface area (Å²) in [6, 6.07) is 15.7. The molecule has 0 saturated carbocycles. The summed E-state index contributed by atoms with van der Waals surface area (Å²) >= 11 is 0. The van der Waals surface area contributed by atoms with Crippen LogP contribution in [0.25, 0.3) is 5.69 Å². The first-order chi connectivity index (χ1) is 13.2. The SMILES string of the molecule is O=C(NCc1ccc(-n2cccn2)cc1)[C@H]1CC(c2cccc(F)c2)=NO1. The highest BCUT2D eigenvalue weighted by Gasteiger charge is 2.28. The summed E-state index contributed by atoms with van der Waals surface area (Å²) in [5, 5.41) is 10.9. The molecule has 1 N–H and O–H groups in total. The van der Waals surface area contributed by atoms with Crippen molar-refractivity contribution in [2.45, 2.75) is 19.1 Å². The van der Waals surface area contributed by atoms with Crippen LogP contribution in [0.2, 0.25) is 0 Å². The highest BCUT2D eigenvalue weighted by atomic mass is 19.1. The predicted molar refractivity (Wildman–Crippen MR) is 97.8 cm³/mol. The number of nitrogens with zero attached hydrogens (tertiary/aromatic N) is 3. The molecule has 1 aliphatic heterocycles. The molecule has 2 aromatic carbocycles. The van der Waals surface area contributed by atoms with Crippen LogP contribution in [0.5, 0.6) is 0 Å². The van der Waals surface area contributed by atoms with E-state index in [2.05, 4.69) is 15.6 Å². The minimum absolute atomic E-state index is 0.249. The van der Waals surface area contributed by atoms with Gasteiger partial charge in [-0.3, -0.25) is 4.79 Å². The van der Waals surface area contributed by atoms with Gasteiger partial charge in [0.15, 0.2) is 0 Å². The highest BCUT2D eigenvalue weighted by molar-refractivity contribution is 6.04. The molecule has 1 amide bonds. The Bertz CT molecular complexity index is 968. The van der Waals surface area contributed by atoms with Crippen molar-refractivity contribution in [1.29, 1.82) is 0 Å². The van der Waals surface area contributed by atoms with Gasteiger partial charge in [-0.1, -0.05) is 29.4 Å². The van der Waals surface area contributed by atoms with E-state index in [1.807, 2.05) is 36.5 Å². The van der Waals surface area contributed by atoms with Crippen molar-refractivity contribution >= 4 is 11.6 Å². The van der Waals surface area contributed by atoms with E-state index in [1.54, 1.807) is 23.0 Å². The van der Waals surface area contributed by atoms with Crippen LogP contribution in [0.4, 0.5) is 4.39 Å². The molecule has 1 aliphatic rings. The van der Waals surface area contributed by atoms with Crippen LogP contribution < -0.4 is 5.32 Å². The van der Waals surface area contributed by atoms with E-state index in [9.17, 15) is 9.18 Å². The smallest absolute Gasteiger partial charge is 0.264 e. The molecule has 0 bridgehead atoms. The lowest BCUT2D eigenvalue weighted by atomic mass is 10.0. The molecular formula is C20H17FN4O2. The summed E-state index contributed by atoms with van der Waals surface area (Å²) in [4.78, 5) is 17.5. The summed E-state index contributed by atoms with van der Waals surface area (Å²) in [6.07, 6.45) is 3.19. The van der Waals surface area contributed by atoms with Crippen molar-refractivity contribution in [3.63, 3.8) is 0 Å². The van der Waals surface area contributed by atoms with E-state index in [0.29, 0.717) is 24.2 Å². The number of carbonyl (C=O) groups is 1. The molecule has 2 heterocycles. The Morgan fingerprint density at radius 2 is 2.07 bits per heavy atom. The van der Waals surface area contributed by atoms with Crippen LogP contribution in [0.15, 0.2) is 72.1 Å². The van der Waals surface area contributed by atoms with Gasteiger partial charge in [-0.2, -0.15) is 5.10 Å². The fourth-order valence-electron chi connectivity index (χ4n) is 2.85. The minimum Gasteiger partial charge on any atom is -0.382 e. The maximum atomic E-state index is 13.3. The molecule has 7 heteroatoms. The Hall–Kier alpha value is -3.48. The second-order valence-electron chi connectivity index (χ2n) is 6.18. The van der Waals surface area contributed by atoms with Crippen LogP contribution in [0, 0.1) is 5.82 Å². The molecule has 0 saturated heterocycles. The third kappa shape index (κ3) is 3.87. The Labute approximate surface area is 155 Å². The number of rotatable bonds is 5. The quantitative estimate of drug-likeness (QED) is 0.757. The Morgan fingerprint density at radius 3 is 2.81 bits per heavy atom. The maximum Gasteiger partial charge on any atom is 0.264 e. The molecule has 0 spiro atoms. The van der Waals surface area contributed by atoms with Gasteiger partial charge in [-0.05, 0) is 35.9 Å². The van der Waals surface area contributed by atoms with E-state index < -0.39 is 6.10 Å². The van der Waals surface area contributed by atoms with E-state index >= 15 is 0 Å². The Morgan fingerprint density at radius 1 is 1.22 bits per heavy atom. The topological polar surface area (TPSA) is 68.5 Å². The number of hydrogen-bond donors (Lipinski definition) is 1. The van der Waals surface area contributed by atoms with Crippen LogP contribution in [-0.2, 0) is 16.2 Å². The molecule has 0 fully saturated rings. The van der Waals surface area contributed by atoms with E-state index in [1.165, 1.54) is 12.1 Å². The molecule has 136 valence electrons. The van der Waals surface area contributed by atoms with Gasteiger partial charge >= 0.3 is 0 Å². The van der Waals surface area contributed by atoms with Crippen molar-refractivity contribution in [1.82, 2.24) is 15.1 Å². The Kier molecular flexibility index (Phi) is 4.65. The molecule has 0 radical (unpaired) electrons. The second kappa shape index (κ2) is 7.41. The second-order valence-corrected chi connectivity index (χ2v) is 6.18. The average molecular weight is 364 g/mol. The molecule has 4 rings (SSSR count). The van der Waals surface area contributed by atoms with E-state index in [0.717, 1.165) is 11.3 Å². The van der Waals surface area contributed by atoms with Gasteiger partial charge in [0.05, 0.1) is 11.4 Å². The monoisotopic (exact) mass is 364 g/mol. The molecule has 3 aromatic rings. The number of aromatic nitrogens is 2. The molecule has 1 aromatic heterocycles. The van der Waals surface area contributed by atoms with Gasteiger partial charge in [0, 0.05) is 30.9 Å². The van der Waals surface area contributed by atoms with E-state index in [-0.39, 0.29) is 11.7 Å². The predicted octanol–water partition coefficient (Wildman–Crippen LogP) is 2.82. The van der Waals surface area contributed by atoms with Crippen molar-refractivity contribution in [2.75, 3.05) is 0 Å². The standard InChI is InChI=1S/C20H17FN4O2/c21-16-4-1-3-15(11-16)18-12-19(27-24-18)20(26)22-13-14-5-7-17(8-6-14)25-10-2-9-23-25/h1-11,19H,12-13H2,(H,22,26)/t19-/m1/s1. The number of oxime groups is 1. The number of carbonyl (C=O) groups excluding carboxylic acids is 1. The van der Waals surface area contributed by atoms with Gasteiger partial charge in [-0.15, -0.1) is 0 Å². The van der Waals surface area contributed by atoms with Crippen LogP contribution in [-0.4, -0.2) is 27.5 Å². The van der Waals surface area contributed by atoms with Gasteiger partial charge in [-0.25, -0.2) is 9.07 Å². The van der Waals surface area contributed by atoms with Crippen molar-refractivity contribution in [3.8, 4) is 5.69 Å². The lowest BCUT2D eigenvalue weighted by molar-refractivity contribution is -0.131. The number of benzene rings is 2. The largest absolute Gasteiger partial charge is 0.382 e. The highest BCUT2D eigenvalue weighted by Crippen LogP contribution is 2.18. The summed E-state index contributed by atoms with van der Waals surface area (Å²) in [5.74, 6) is -0.594. The van der Waals surface area contributed by atoms with Crippen molar-refractivity contribution < 1.29 is 14.0 Å². The number of amides is 1. The van der Waals surface area contributed by atoms with Crippen LogP contribution in [0.1, 0.15) is 17.5 Å². The average Bonchev–Trinajstić information content (AvgIpc) is 3.38. The first-order valence-corrected chi connectivity index (χ1v) is 8.54. The van der Waals surface area contributed by atoms with Crippen molar-refractivity contribution in [3.05, 3.63) is 83.9 Å². The number of halogens is 1. The summed E-state index contributed by atoms with van der Waals surface area (Å²) in [5.41, 5.74) is 3.10. The minimum atomic E-state index is -0.702. The first kappa shape index (κ1) is 17.0. The fraction of sp³-hybridized carbons (Fsp3) is 0.150. The molecule has 6 nitrogen and oxygen atoms in total. The third-order valence-corrected chi connectivity index (χ3v) is 4.29. The summed E-state index contributed by atoms with van der Waals surface area (Å²) in [7, 11) is 0. The number of nitrogens with one attached hydrogen (secondary N) is 1. The van der Waals surface area contributed by atoms with Crippen LogP contribution in [0.3, 0.4) is 0 Å². The van der Waals surface area contributed by atoms with Gasteiger partial charge in [0.2, 0.25) is 6.10 Å². The zero-order valence-corrected chi connectivity index (χ0v) is 14.4. The zero-order chi connectivity index (χ0) is 18.6. The lowest BCUT2D eigenvalue weighted by Crippen LogP contribution is -2.34. The molecule has 27 heavy (non-hydrogen) atoms. The van der Waals surface area contributed by atoms with Crippen molar-refractivity contribution in [2.24, 2.45) is 5.16 Å². The molecule has 0 aliphatic carbocycles. The Balaban J connectivity index is 1.31. The molecular weight excluding hydrogens is 347 g/mol. The molecule has 1 atom stereocenters. The fourth-order valence-corrected chi connectivity index (χ4v) is 2.85. The summed E-state index contributed by atoms with van der Waals surface area (Å²) in [6.45, 7) is 0.382. The maximum absolute atomic E-state index is 13.3. The van der Waals surface area contributed by atoms with Gasteiger partial charge in [0.25, 0.3) is 5.91 Å². The number of hydrogen-bond acceptors (Lipinski definition) is 4. The zero-order valence-electron chi connectivity index (χ0n) is 14.4. The summed E-state index contributed by atoms with van der Waals surface area (Å²) < 4.78 is 15.1. The van der Waals surface area contributed by atoms with E-state index in [4.69, 9.17) is 4.84 Å². The normalized spacial score (nSPS) is 15.9. The third-order valence-electron chi connectivity index (χ3n) is 4.29. The molecule has 0 unspecified atom stereocenters. The van der Waals surface area contributed by atoms with Gasteiger partial charge in [0.1, 0.15) is 5.82 Å². The van der Waals surface area contributed by atoms with Gasteiger partial charge < -0.3 is 10.2 Å². The first-order valence-electron chi connectivity index (χ1n) is 8.54.